The van der Waals surface area contributed by atoms with Gasteiger partial charge in [-0.1, -0.05) is 89.9 Å². The fourth-order valence-corrected chi connectivity index (χ4v) is 4.21. The largest absolute Gasteiger partial charge is 0.481 e. The topological polar surface area (TPSA) is 130 Å². The van der Waals surface area contributed by atoms with Crippen molar-refractivity contribution >= 4 is 23.8 Å². The molecule has 0 saturated heterocycles. The van der Waals surface area contributed by atoms with Crippen LogP contribution < -0.4 is 5.32 Å². The van der Waals surface area contributed by atoms with Crippen LogP contribution in [0.4, 0.5) is 0 Å². The number of hydrogen-bond donors (Lipinski definition) is 3. The van der Waals surface area contributed by atoms with E-state index >= 15 is 0 Å². The summed E-state index contributed by atoms with van der Waals surface area (Å²) in [5.74, 6) is -2.68. The maximum Gasteiger partial charge on any atom is 0.326 e. The van der Waals surface area contributed by atoms with E-state index in [1.807, 2.05) is 20.8 Å². The second-order valence-electron chi connectivity index (χ2n) is 11.1. The number of hydrogen-bond acceptors (Lipinski definition) is 5. The molecule has 0 fully saturated rings. The average Bonchev–Trinajstić information content (AvgIpc) is 2.79. The molecule has 0 heterocycles. The number of unbranched alkanes of at least 4 members (excludes halogenated alkanes) is 15. The van der Waals surface area contributed by atoms with Gasteiger partial charge in [-0.3, -0.25) is 14.4 Å². The van der Waals surface area contributed by atoms with Crippen molar-refractivity contribution in [1.82, 2.24) is 5.32 Å². The molecular formula is C29H53NO7. The van der Waals surface area contributed by atoms with Crippen molar-refractivity contribution in [2.45, 2.75) is 161 Å². The van der Waals surface area contributed by atoms with Crippen molar-refractivity contribution in [3.63, 3.8) is 0 Å². The first-order valence-electron chi connectivity index (χ1n) is 14.5. The molecule has 0 radical (unpaired) electrons. The number of amides is 1. The zero-order chi connectivity index (χ0) is 27.9. The summed E-state index contributed by atoms with van der Waals surface area (Å²) in [6.07, 6.45) is 19.0. The molecule has 0 spiro atoms. The standard InChI is InChI=1S/C29H53NO7/c1-29(2,3)37-27(34)21-19-17-15-13-11-9-7-5-4-6-8-10-12-14-16-18-20-25(31)30-24(28(35)36)22-23-26(32)33/h24H,4-23H2,1-3H3,(H,30,31)(H,32,33)(H,35,36). The van der Waals surface area contributed by atoms with Gasteiger partial charge in [0.2, 0.25) is 5.91 Å². The van der Waals surface area contributed by atoms with Crippen LogP contribution in [-0.4, -0.2) is 45.7 Å². The summed E-state index contributed by atoms with van der Waals surface area (Å²) in [5.41, 5.74) is -0.385. The molecule has 8 nitrogen and oxygen atoms in total. The number of carbonyl (C=O) groups is 4. The van der Waals surface area contributed by atoms with E-state index in [1.165, 1.54) is 64.2 Å². The molecule has 0 aliphatic rings. The summed E-state index contributed by atoms with van der Waals surface area (Å²) in [6, 6.07) is -1.13. The SMILES string of the molecule is CC(C)(C)OC(=O)CCCCCCCCCCCCCCCCCCC(=O)NC(CCC(=O)O)C(=O)O. The van der Waals surface area contributed by atoms with Gasteiger partial charge in [-0.15, -0.1) is 0 Å². The van der Waals surface area contributed by atoms with Crippen LogP contribution >= 0.6 is 0 Å². The van der Waals surface area contributed by atoms with Crippen LogP contribution in [0.15, 0.2) is 0 Å². The molecule has 0 rings (SSSR count). The van der Waals surface area contributed by atoms with Gasteiger partial charge in [-0.05, 0) is 40.0 Å². The first kappa shape index (κ1) is 34.9. The van der Waals surface area contributed by atoms with Crippen LogP contribution in [0.1, 0.15) is 149 Å². The van der Waals surface area contributed by atoms with Crippen molar-refractivity contribution in [2.24, 2.45) is 0 Å². The second kappa shape index (κ2) is 21.9. The highest BCUT2D eigenvalue weighted by Gasteiger charge is 2.20. The van der Waals surface area contributed by atoms with E-state index in [2.05, 4.69) is 5.32 Å². The first-order valence-corrected chi connectivity index (χ1v) is 14.5. The molecule has 1 unspecified atom stereocenters. The molecule has 1 atom stereocenters. The van der Waals surface area contributed by atoms with Gasteiger partial charge < -0.3 is 20.3 Å². The number of carboxylic acids is 2. The third-order valence-electron chi connectivity index (χ3n) is 6.23. The lowest BCUT2D eigenvalue weighted by Crippen LogP contribution is -2.41. The molecule has 1 amide bonds. The summed E-state index contributed by atoms with van der Waals surface area (Å²) >= 11 is 0. The maximum atomic E-state index is 11.9. The number of rotatable bonds is 24. The van der Waals surface area contributed by atoms with Gasteiger partial charge in [-0.25, -0.2) is 4.79 Å². The Balaban J connectivity index is 3.41. The maximum absolute atomic E-state index is 11.9. The third kappa shape index (κ3) is 25.3. The summed E-state index contributed by atoms with van der Waals surface area (Å²) in [6.45, 7) is 5.70. The number of aliphatic carboxylic acids is 2. The zero-order valence-corrected chi connectivity index (χ0v) is 23.7. The Morgan fingerprint density at radius 2 is 1.00 bits per heavy atom. The van der Waals surface area contributed by atoms with E-state index in [9.17, 15) is 19.2 Å². The Labute approximate surface area is 224 Å². The predicted molar refractivity (Wildman–Crippen MR) is 145 cm³/mol. The van der Waals surface area contributed by atoms with Gasteiger partial charge in [0.05, 0.1) is 0 Å². The highest BCUT2D eigenvalue weighted by Crippen LogP contribution is 2.15. The fraction of sp³-hybridized carbons (Fsp3) is 0.862. The van der Waals surface area contributed by atoms with E-state index in [-0.39, 0.29) is 36.7 Å². The van der Waals surface area contributed by atoms with Crippen molar-refractivity contribution in [1.29, 1.82) is 0 Å². The van der Waals surface area contributed by atoms with Gasteiger partial charge >= 0.3 is 17.9 Å². The van der Waals surface area contributed by atoms with Gasteiger partial charge in [0, 0.05) is 19.3 Å². The molecule has 0 saturated carbocycles. The molecule has 0 aromatic rings. The Hall–Kier alpha value is -2.12. The first-order chi connectivity index (χ1) is 17.5. The molecule has 37 heavy (non-hydrogen) atoms. The number of carboxylic acid groups (broad SMARTS) is 2. The van der Waals surface area contributed by atoms with E-state index in [0.29, 0.717) is 6.42 Å². The quantitative estimate of drug-likeness (QED) is 0.0931. The molecule has 0 aliphatic carbocycles. The minimum absolute atomic E-state index is 0.0860. The molecule has 0 aliphatic heterocycles. The minimum atomic E-state index is -1.20. The highest BCUT2D eigenvalue weighted by molar-refractivity contribution is 5.83. The molecule has 0 aromatic carbocycles. The highest BCUT2D eigenvalue weighted by atomic mass is 16.6. The van der Waals surface area contributed by atoms with Crippen LogP contribution in [0.25, 0.3) is 0 Å². The Morgan fingerprint density at radius 3 is 1.35 bits per heavy atom. The Morgan fingerprint density at radius 1 is 0.622 bits per heavy atom. The van der Waals surface area contributed by atoms with Crippen LogP contribution in [0.5, 0.6) is 0 Å². The van der Waals surface area contributed by atoms with Crippen LogP contribution in [0.3, 0.4) is 0 Å². The molecule has 0 aromatic heterocycles. The lowest BCUT2D eigenvalue weighted by atomic mass is 10.0. The van der Waals surface area contributed by atoms with Crippen LogP contribution in [-0.2, 0) is 23.9 Å². The van der Waals surface area contributed by atoms with Gasteiger partial charge in [0.1, 0.15) is 11.6 Å². The minimum Gasteiger partial charge on any atom is -0.481 e. The van der Waals surface area contributed by atoms with Gasteiger partial charge in [-0.2, -0.15) is 0 Å². The number of carbonyl (C=O) groups excluding carboxylic acids is 2. The van der Waals surface area contributed by atoms with Crippen LogP contribution in [0, 0.1) is 0 Å². The smallest absolute Gasteiger partial charge is 0.326 e. The van der Waals surface area contributed by atoms with Crippen molar-refractivity contribution in [3.05, 3.63) is 0 Å². The summed E-state index contributed by atoms with van der Waals surface area (Å²) in [5, 5.41) is 20.2. The van der Waals surface area contributed by atoms with E-state index < -0.39 is 18.0 Å². The molecule has 216 valence electrons. The van der Waals surface area contributed by atoms with Crippen molar-refractivity contribution < 1.29 is 34.1 Å². The molecule has 0 bridgehead atoms. The molecule has 3 N–H and O–H groups in total. The van der Waals surface area contributed by atoms with E-state index in [4.69, 9.17) is 14.9 Å². The number of esters is 1. The lowest BCUT2D eigenvalue weighted by molar-refractivity contribution is -0.155. The van der Waals surface area contributed by atoms with E-state index in [1.54, 1.807) is 0 Å². The van der Waals surface area contributed by atoms with Crippen molar-refractivity contribution in [2.75, 3.05) is 0 Å². The summed E-state index contributed by atoms with van der Waals surface area (Å²) in [4.78, 5) is 45.2. The summed E-state index contributed by atoms with van der Waals surface area (Å²) < 4.78 is 5.32. The third-order valence-corrected chi connectivity index (χ3v) is 6.23. The molecule has 8 heteroatoms. The van der Waals surface area contributed by atoms with Gasteiger partial charge in [0.25, 0.3) is 0 Å². The molecular weight excluding hydrogens is 474 g/mol. The summed E-state index contributed by atoms with van der Waals surface area (Å²) in [7, 11) is 0. The zero-order valence-electron chi connectivity index (χ0n) is 23.7. The Bertz CT molecular complexity index is 643. The van der Waals surface area contributed by atoms with Gasteiger partial charge in [0.15, 0.2) is 0 Å². The number of ether oxygens (including phenoxy) is 1. The van der Waals surface area contributed by atoms with Crippen LogP contribution in [0.2, 0.25) is 0 Å². The lowest BCUT2D eigenvalue weighted by Gasteiger charge is -2.19. The second-order valence-corrected chi connectivity index (χ2v) is 11.1. The van der Waals surface area contributed by atoms with E-state index in [0.717, 1.165) is 38.5 Å². The normalized spacial score (nSPS) is 12.2. The predicted octanol–water partition coefficient (Wildman–Crippen LogP) is 6.78. The number of nitrogens with one attached hydrogen (secondary N) is 1. The monoisotopic (exact) mass is 527 g/mol. The van der Waals surface area contributed by atoms with Crippen molar-refractivity contribution in [3.8, 4) is 0 Å². The average molecular weight is 528 g/mol. The fourth-order valence-electron chi connectivity index (χ4n) is 4.21. The Kier molecular flexibility index (Phi) is 20.7.